The van der Waals surface area contributed by atoms with E-state index in [-0.39, 0.29) is 0 Å². The molecular weight excluding hydrogens is 248 g/mol. The van der Waals surface area contributed by atoms with Crippen LogP contribution in [0.15, 0.2) is 0 Å². The van der Waals surface area contributed by atoms with Gasteiger partial charge in [0.05, 0.1) is 0 Å². The maximum absolute atomic E-state index is 5.79. The molecule has 0 spiro atoms. The van der Waals surface area contributed by atoms with E-state index in [4.69, 9.17) is 18.0 Å². The molecule has 1 saturated carbocycles. The van der Waals surface area contributed by atoms with Crippen molar-refractivity contribution >= 4 is 8.80 Å². The first-order chi connectivity index (χ1) is 8.76. The summed E-state index contributed by atoms with van der Waals surface area (Å²) in [5.41, 5.74) is 0. The SMILES string of the molecule is CCO[Si](CCCOCC1CC1)(OCC)OCC. The van der Waals surface area contributed by atoms with E-state index in [0.29, 0.717) is 19.8 Å². The Hall–Kier alpha value is 0.0569. The quantitative estimate of drug-likeness (QED) is 0.406. The zero-order chi connectivity index (χ0) is 13.3. The van der Waals surface area contributed by atoms with Crippen LogP contribution in [0.2, 0.25) is 6.04 Å². The first-order valence-electron chi connectivity index (χ1n) is 7.26. The summed E-state index contributed by atoms with van der Waals surface area (Å²) in [5.74, 6) is 0.831. The first-order valence-corrected chi connectivity index (χ1v) is 9.19. The fourth-order valence-electron chi connectivity index (χ4n) is 1.93. The predicted molar refractivity (Wildman–Crippen MR) is 73.6 cm³/mol. The molecule has 5 heteroatoms. The van der Waals surface area contributed by atoms with Gasteiger partial charge in [-0.2, -0.15) is 0 Å². The normalized spacial score (nSPS) is 16.2. The van der Waals surface area contributed by atoms with Crippen LogP contribution < -0.4 is 0 Å². The fourth-order valence-corrected chi connectivity index (χ4v) is 4.51. The van der Waals surface area contributed by atoms with Gasteiger partial charge in [-0.15, -0.1) is 0 Å². The van der Waals surface area contributed by atoms with Crippen LogP contribution in [0.3, 0.4) is 0 Å². The van der Waals surface area contributed by atoms with Crippen LogP contribution in [0.25, 0.3) is 0 Å². The summed E-state index contributed by atoms with van der Waals surface area (Å²) in [7, 11) is -2.44. The second-order valence-corrected chi connectivity index (χ2v) is 7.34. The molecule has 1 rings (SSSR count). The van der Waals surface area contributed by atoms with Gasteiger partial charge in [0, 0.05) is 39.1 Å². The molecule has 18 heavy (non-hydrogen) atoms. The molecule has 0 aromatic heterocycles. The number of hydrogen-bond acceptors (Lipinski definition) is 4. The van der Waals surface area contributed by atoms with E-state index in [1.165, 1.54) is 12.8 Å². The van der Waals surface area contributed by atoms with Crippen molar-refractivity contribution in [2.75, 3.05) is 33.0 Å². The highest BCUT2D eigenvalue weighted by atomic mass is 28.4. The third-order valence-electron chi connectivity index (χ3n) is 2.91. The maximum Gasteiger partial charge on any atom is 0.501 e. The maximum atomic E-state index is 5.79. The summed E-state index contributed by atoms with van der Waals surface area (Å²) in [6.07, 6.45) is 3.64. The molecule has 1 fully saturated rings. The van der Waals surface area contributed by atoms with Gasteiger partial charge >= 0.3 is 8.80 Å². The summed E-state index contributed by atoms with van der Waals surface area (Å²) in [6, 6.07) is 0.854. The van der Waals surface area contributed by atoms with Crippen LogP contribution in [0.5, 0.6) is 0 Å². The van der Waals surface area contributed by atoms with E-state index in [1.807, 2.05) is 20.8 Å². The first kappa shape index (κ1) is 16.1. The minimum atomic E-state index is -2.44. The van der Waals surface area contributed by atoms with Crippen molar-refractivity contribution in [1.29, 1.82) is 0 Å². The van der Waals surface area contributed by atoms with Crippen molar-refractivity contribution in [3.63, 3.8) is 0 Å². The molecule has 0 heterocycles. The molecular formula is C13H28O4Si. The average Bonchev–Trinajstić information content (AvgIpc) is 3.14. The topological polar surface area (TPSA) is 36.9 Å². The minimum Gasteiger partial charge on any atom is -0.381 e. The molecule has 0 radical (unpaired) electrons. The van der Waals surface area contributed by atoms with Gasteiger partial charge in [-0.25, -0.2) is 0 Å². The van der Waals surface area contributed by atoms with E-state index in [9.17, 15) is 0 Å². The summed E-state index contributed by atoms with van der Waals surface area (Å²) < 4.78 is 23.0. The molecule has 4 nitrogen and oxygen atoms in total. The third kappa shape index (κ3) is 6.29. The molecule has 0 atom stereocenters. The van der Waals surface area contributed by atoms with Crippen LogP contribution in [-0.2, 0) is 18.0 Å². The molecule has 1 aliphatic rings. The Balaban J connectivity index is 2.22. The van der Waals surface area contributed by atoms with E-state index in [1.54, 1.807) is 0 Å². The van der Waals surface area contributed by atoms with Gasteiger partial charge in [0.1, 0.15) is 0 Å². The van der Waals surface area contributed by atoms with Crippen LogP contribution >= 0.6 is 0 Å². The standard InChI is InChI=1S/C13H28O4Si/c1-4-15-18(16-5-2,17-6-3)11-7-10-14-12-13-8-9-13/h13H,4-12H2,1-3H3. The number of hydrogen-bond donors (Lipinski definition) is 0. The lowest BCUT2D eigenvalue weighted by molar-refractivity contribution is 0.0652. The van der Waals surface area contributed by atoms with Gasteiger partial charge in [0.15, 0.2) is 0 Å². The predicted octanol–water partition coefficient (Wildman–Crippen LogP) is 2.85. The second-order valence-electron chi connectivity index (χ2n) is 4.60. The molecule has 0 aliphatic heterocycles. The van der Waals surface area contributed by atoms with Crippen molar-refractivity contribution in [2.24, 2.45) is 5.92 Å². The number of ether oxygens (including phenoxy) is 1. The second kappa shape index (κ2) is 9.04. The van der Waals surface area contributed by atoms with E-state index >= 15 is 0 Å². The summed E-state index contributed by atoms with van der Waals surface area (Å²) >= 11 is 0. The minimum absolute atomic E-state index is 0.648. The van der Waals surface area contributed by atoms with Crippen LogP contribution in [0.4, 0.5) is 0 Å². The Morgan fingerprint density at radius 3 is 1.94 bits per heavy atom. The van der Waals surface area contributed by atoms with Crippen molar-refractivity contribution in [1.82, 2.24) is 0 Å². The molecule has 0 unspecified atom stereocenters. The van der Waals surface area contributed by atoms with Crippen molar-refractivity contribution in [3.8, 4) is 0 Å². The Labute approximate surface area is 112 Å². The zero-order valence-electron chi connectivity index (χ0n) is 12.1. The van der Waals surface area contributed by atoms with E-state index in [2.05, 4.69) is 0 Å². The van der Waals surface area contributed by atoms with Gasteiger partial charge in [-0.1, -0.05) is 0 Å². The molecule has 0 N–H and O–H groups in total. The molecule has 0 bridgehead atoms. The lowest BCUT2D eigenvalue weighted by Crippen LogP contribution is -2.46. The third-order valence-corrected chi connectivity index (χ3v) is 6.07. The average molecular weight is 276 g/mol. The highest BCUT2D eigenvalue weighted by Crippen LogP contribution is 2.29. The van der Waals surface area contributed by atoms with E-state index in [0.717, 1.165) is 31.6 Å². The van der Waals surface area contributed by atoms with Crippen LogP contribution in [-0.4, -0.2) is 41.8 Å². The van der Waals surface area contributed by atoms with Gasteiger partial charge in [-0.3, -0.25) is 0 Å². The van der Waals surface area contributed by atoms with Crippen molar-refractivity contribution in [2.45, 2.75) is 46.1 Å². The van der Waals surface area contributed by atoms with Gasteiger partial charge < -0.3 is 18.0 Å². The monoisotopic (exact) mass is 276 g/mol. The molecule has 0 aromatic rings. The fraction of sp³-hybridized carbons (Fsp3) is 1.00. The number of rotatable bonds is 12. The highest BCUT2D eigenvalue weighted by Gasteiger charge is 2.39. The Kier molecular flexibility index (Phi) is 8.09. The largest absolute Gasteiger partial charge is 0.501 e. The van der Waals surface area contributed by atoms with Crippen molar-refractivity contribution < 1.29 is 18.0 Å². The highest BCUT2D eigenvalue weighted by molar-refractivity contribution is 6.60. The lowest BCUT2D eigenvalue weighted by atomic mass is 10.4. The van der Waals surface area contributed by atoms with Gasteiger partial charge in [0.2, 0.25) is 0 Å². The molecule has 0 aromatic carbocycles. The van der Waals surface area contributed by atoms with Crippen LogP contribution in [0.1, 0.15) is 40.0 Å². The summed E-state index contributed by atoms with van der Waals surface area (Å²) in [6.45, 7) is 9.63. The zero-order valence-corrected chi connectivity index (χ0v) is 13.1. The Morgan fingerprint density at radius 1 is 0.944 bits per heavy atom. The molecule has 0 saturated heterocycles. The lowest BCUT2D eigenvalue weighted by Gasteiger charge is -2.28. The Bertz CT molecular complexity index is 192. The van der Waals surface area contributed by atoms with Gasteiger partial charge in [0.25, 0.3) is 0 Å². The molecule has 108 valence electrons. The smallest absolute Gasteiger partial charge is 0.381 e. The van der Waals surface area contributed by atoms with E-state index < -0.39 is 8.80 Å². The van der Waals surface area contributed by atoms with Crippen LogP contribution in [0, 0.1) is 5.92 Å². The summed E-state index contributed by atoms with van der Waals surface area (Å²) in [4.78, 5) is 0. The summed E-state index contributed by atoms with van der Waals surface area (Å²) in [5, 5.41) is 0. The molecule has 1 aliphatic carbocycles. The van der Waals surface area contributed by atoms with Crippen molar-refractivity contribution in [3.05, 3.63) is 0 Å². The molecule has 0 amide bonds. The van der Waals surface area contributed by atoms with Gasteiger partial charge in [-0.05, 0) is 46.0 Å². The Morgan fingerprint density at radius 2 is 1.50 bits per heavy atom.